The average molecular weight is 249 g/mol. The van der Waals surface area contributed by atoms with Crippen LogP contribution in [0.5, 0.6) is 0 Å². The number of nitrogens with one attached hydrogen (secondary N) is 1. The molecule has 0 atom stereocenters. The summed E-state index contributed by atoms with van der Waals surface area (Å²) < 4.78 is 0. The molecule has 1 aliphatic rings. The fourth-order valence-corrected chi connectivity index (χ4v) is 2.71. The van der Waals surface area contributed by atoms with Crippen molar-refractivity contribution in [3.8, 4) is 0 Å². The summed E-state index contributed by atoms with van der Waals surface area (Å²) in [4.78, 5) is 11.0. The zero-order valence-corrected chi connectivity index (χ0v) is 10.4. The van der Waals surface area contributed by atoms with Crippen molar-refractivity contribution in [2.45, 2.75) is 38.5 Å². The highest BCUT2D eigenvalue weighted by Gasteiger charge is 2.34. The van der Waals surface area contributed by atoms with Gasteiger partial charge in [0.2, 0.25) is 0 Å². The van der Waals surface area contributed by atoms with Gasteiger partial charge in [-0.3, -0.25) is 4.79 Å². The van der Waals surface area contributed by atoms with E-state index in [1.54, 1.807) is 6.20 Å². The summed E-state index contributed by atoms with van der Waals surface area (Å²) in [6.07, 6.45) is 7.27. The third-order valence-electron chi connectivity index (χ3n) is 3.66. The molecule has 5 nitrogen and oxygen atoms in total. The summed E-state index contributed by atoms with van der Waals surface area (Å²) in [6, 6.07) is 3.67. The third-order valence-corrected chi connectivity index (χ3v) is 3.66. The molecule has 0 radical (unpaired) electrons. The molecule has 2 rings (SSSR count). The number of hydrogen-bond acceptors (Lipinski definition) is 4. The van der Waals surface area contributed by atoms with Gasteiger partial charge in [-0.2, -0.15) is 5.10 Å². The van der Waals surface area contributed by atoms with Crippen LogP contribution in [0.25, 0.3) is 0 Å². The van der Waals surface area contributed by atoms with Gasteiger partial charge in [0.1, 0.15) is 5.82 Å². The van der Waals surface area contributed by atoms with Gasteiger partial charge in [0.05, 0.1) is 6.42 Å². The second-order valence-corrected chi connectivity index (χ2v) is 5.09. The molecule has 0 unspecified atom stereocenters. The zero-order valence-electron chi connectivity index (χ0n) is 10.4. The lowest BCUT2D eigenvalue weighted by atomic mass is 9.72. The summed E-state index contributed by atoms with van der Waals surface area (Å²) in [6.45, 7) is 0.665. The number of aromatic nitrogens is 2. The first-order valence-corrected chi connectivity index (χ1v) is 6.44. The summed E-state index contributed by atoms with van der Waals surface area (Å²) in [7, 11) is 0. The van der Waals surface area contributed by atoms with Crippen LogP contribution < -0.4 is 5.32 Å². The monoisotopic (exact) mass is 249 g/mol. The van der Waals surface area contributed by atoms with Gasteiger partial charge >= 0.3 is 5.97 Å². The normalized spacial score (nSPS) is 18.2. The highest BCUT2D eigenvalue weighted by molar-refractivity contribution is 5.67. The zero-order chi connectivity index (χ0) is 12.8. The fraction of sp³-hybridized carbons (Fsp3) is 0.615. The smallest absolute Gasteiger partial charge is 0.303 e. The summed E-state index contributed by atoms with van der Waals surface area (Å²) >= 11 is 0. The number of hydrogen-bond donors (Lipinski definition) is 2. The molecule has 1 aromatic rings. The SMILES string of the molecule is O=C(O)CC1(CNc2cccnn2)CCCCC1. The number of aliphatic carboxylic acids is 1. The number of anilines is 1. The van der Waals surface area contributed by atoms with Crippen molar-refractivity contribution in [2.75, 3.05) is 11.9 Å². The topological polar surface area (TPSA) is 75.1 Å². The van der Waals surface area contributed by atoms with E-state index in [1.165, 1.54) is 6.42 Å². The van der Waals surface area contributed by atoms with Gasteiger partial charge in [-0.1, -0.05) is 19.3 Å². The Hall–Kier alpha value is -1.65. The first kappa shape index (κ1) is 12.8. The summed E-state index contributed by atoms with van der Waals surface area (Å²) in [5, 5.41) is 20.1. The van der Waals surface area contributed by atoms with Crippen molar-refractivity contribution < 1.29 is 9.90 Å². The standard InChI is InChI=1S/C13H19N3O2/c17-12(18)9-13(6-2-1-3-7-13)10-14-11-5-4-8-15-16-11/h4-5,8H,1-3,6-7,9-10H2,(H,14,16)(H,17,18). The van der Waals surface area contributed by atoms with Crippen molar-refractivity contribution in [1.82, 2.24) is 10.2 Å². The Labute approximate surface area is 107 Å². The molecule has 0 saturated heterocycles. The van der Waals surface area contributed by atoms with E-state index in [4.69, 9.17) is 5.11 Å². The van der Waals surface area contributed by atoms with E-state index in [2.05, 4.69) is 15.5 Å². The number of carboxylic acids is 1. The molecule has 1 aliphatic carbocycles. The van der Waals surface area contributed by atoms with Crippen molar-refractivity contribution in [1.29, 1.82) is 0 Å². The third kappa shape index (κ3) is 3.42. The Balaban J connectivity index is 1.99. The van der Waals surface area contributed by atoms with Gasteiger partial charge in [0, 0.05) is 12.7 Å². The molecule has 0 spiro atoms. The molecule has 1 fully saturated rings. The Bertz CT molecular complexity index is 388. The maximum absolute atomic E-state index is 11.0. The summed E-state index contributed by atoms with van der Waals surface area (Å²) in [5.41, 5.74) is -0.123. The van der Waals surface area contributed by atoms with Crippen molar-refractivity contribution in [3.05, 3.63) is 18.3 Å². The highest BCUT2D eigenvalue weighted by Crippen LogP contribution is 2.39. The maximum Gasteiger partial charge on any atom is 0.303 e. The van der Waals surface area contributed by atoms with Crippen molar-refractivity contribution >= 4 is 11.8 Å². The molecular formula is C13H19N3O2. The van der Waals surface area contributed by atoms with Crippen LogP contribution >= 0.6 is 0 Å². The van der Waals surface area contributed by atoms with Crippen LogP contribution in [0.2, 0.25) is 0 Å². The van der Waals surface area contributed by atoms with Crippen LogP contribution in [-0.2, 0) is 4.79 Å². The predicted molar refractivity (Wildman–Crippen MR) is 68.3 cm³/mol. The molecule has 1 heterocycles. The second kappa shape index (κ2) is 5.80. The molecule has 0 amide bonds. The van der Waals surface area contributed by atoms with Crippen LogP contribution in [0.3, 0.4) is 0 Å². The molecular weight excluding hydrogens is 230 g/mol. The lowest BCUT2D eigenvalue weighted by molar-refractivity contribution is -0.140. The van der Waals surface area contributed by atoms with E-state index in [1.807, 2.05) is 12.1 Å². The number of rotatable bonds is 5. The van der Waals surface area contributed by atoms with Gasteiger partial charge in [-0.05, 0) is 30.4 Å². The molecule has 1 aromatic heterocycles. The summed E-state index contributed by atoms with van der Waals surface area (Å²) in [5.74, 6) is 0.00526. The van der Waals surface area contributed by atoms with Crippen LogP contribution in [0, 0.1) is 5.41 Å². The van der Waals surface area contributed by atoms with Crippen LogP contribution in [-0.4, -0.2) is 27.8 Å². The van der Waals surface area contributed by atoms with Crippen LogP contribution in [0.15, 0.2) is 18.3 Å². The van der Waals surface area contributed by atoms with Crippen LogP contribution in [0.1, 0.15) is 38.5 Å². The Morgan fingerprint density at radius 3 is 2.78 bits per heavy atom. The van der Waals surface area contributed by atoms with Gasteiger partial charge in [0.15, 0.2) is 0 Å². The van der Waals surface area contributed by atoms with Crippen molar-refractivity contribution in [3.63, 3.8) is 0 Å². The molecule has 1 saturated carbocycles. The van der Waals surface area contributed by atoms with Gasteiger partial charge < -0.3 is 10.4 Å². The quantitative estimate of drug-likeness (QED) is 0.837. The van der Waals surface area contributed by atoms with Crippen LogP contribution in [0.4, 0.5) is 5.82 Å². The van der Waals surface area contributed by atoms with E-state index in [-0.39, 0.29) is 11.8 Å². The average Bonchev–Trinajstić information content (AvgIpc) is 2.38. The minimum atomic E-state index is -0.710. The van der Waals surface area contributed by atoms with Gasteiger partial charge in [0.25, 0.3) is 0 Å². The molecule has 5 heteroatoms. The Morgan fingerprint density at radius 2 is 2.17 bits per heavy atom. The molecule has 0 aliphatic heterocycles. The van der Waals surface area contributed by atoms with E-state index in [0.717, 1.165) is 25.7 Å². The molecule has 2 N–H and O–H groups in total. The number of carboxylic acid groups (broad SMARTS) is 1. The van der Waals surface area contributed by atoms with E-state index in [0.29, 0.717) is 12.4 Å². The first-order valence-electron chi connectivity index (χ1n) is 6.44. The lowest BCUT2D eigenvalue weighted by Gasteiger charge is -2.36. The van der Waals surface area contributed by atoms with Crippen molar-refractivity contribution in [2.24, 2.45) is 5.41 Å². The maximum atomic E-state index is 11.0. The number of carbonyl (C=O) groups is 1. The Morgan fingerprint density at radius 1 is 1.39 bits per heavy atom. The van der Waals surface area contributed by atoms with Gasteiger partial charge in [-0.15, -0.1) is 5.10 Å². The molecule has 0 aromatic carbocycles. The Kier molecular flexibility index (Phi) is 4.12. The largest absolute Gasteiger partial charge is 0.481 e. The highest BCUT2D eigenvalue weighted by atomic mass is 16.4. The first-order chi connectivity index (χ1) is 8.70. The van der Waals surface area contributed by atoms with E-state index in [9.17, 15) is 4.79 Å². The predicted octanol–water partition coefficient (Wildman–Crippen LogP) is 2.31. The second-order valence-electron chi connectivity index (χ2n) is 5.09. The number of nitrogens with zero attached hydrogens (tertiary/aromatic N) is 2. The fourth-order valence-electron chi connectivity index (χ4n) is 2.71. The molecule has 0 bridgehead atoms. The minimum absolute atomic E-state index is 0.123. The van der Waals surface area contributed by atoms with E-state index < -0.39 is 5.97 Å². The molecule has 98 valence electrons. The van der Waals surface area contributed by atoms with E-state index >= 15 is 0 Å². The van der Waals surface area contributed by atoms with Gasteiger partial charge in [-0.25, -0.2) is 0 Å². The lowest BCUT2D eigenvalue weighted by Crippen LogP contribution is -2.34. The minimum Gasteiger partial charge on any atom is -0.481 e. The molecule has 18 heavy (non-hydrogen) atoms.